The van der Waals surface area contributed by atoms with Gasteiger partial charge in [-0.25, -0.2) is 4.99 Å². The van der Waals surface area contributed by atoms with Crippen LogP contribution in [0.4, 0.5) is 0 Å². The van der Waals surface area contributed by atoms with Crippen molar-refractivity contribution in [1.82, 2.24) is 15.1 Å². The monoisotopic (exact) mass is 409 g/mol. The van der Waals surface area contributed by atoms with Gasteiger partial charge in [0.05, 0.1) is 24.4 Å². The van der Waals surface area contributed by atoms with E-state index < -0.39 is 0 Å². The highest BCUT2D eigenvalue weighted by atomic mass is 16.5. The number of nitrogens with one attached hydrogen (secondary N) is 1. The first-order chi connectivity index (χ1) is 14.4. The van der Waals surface area contributed by atoms with Gasteiger partial charge in [0.2, 0.25) is 11.8 Å². The van der Waals surface area contributed by atoms with Gasteiger partial charge in [-0.15, -0.1) is 0 Å². The van der Waals surface area contributed by atoms with Crippen LogP contribution in [0.2, 0.25) is 0 Å². The third kappa shape index (κ3) is 4.86. The van der Waals surface area contributed by atoms with E-state index in [2.05, 4.69) is 21.5 Å². The lowest BCUT2D eigenvalue weighted by Gasteiger charge is -2.17. The maximum Gasteiger partial charge on any atom is 0.248 e. The first kappa shape index (κ1) is 21.5. The number of nitrogens with zero attached hydrogens (tertiary/aromatic N) is 4. The number of aromatic hydroxyl groups is 1. The van der Waals surface area contributed by atoms with Gasteiger partial charge in [-0.05, 0) is 44.8 Å². The summed E-state index contributed by atoms with van der Waals surface area (Å²) >= 11 is 0. The molecule has 0 saturated heterocycles. The Morgan fingerprint density at radius 1 is 1.40 bits per heavy atom. The molecule has 2 heterocycles. The summed E-state index contributed by atoms with van der Waals surface area (Å²) < 4.78 is 6.62. The topological polar surface area (TPSA) is 113 Å². The Labute approximate surface area is 176 Å². The molecule has 1 aromatic heterocycles. The van der Waals surface area contributed by atoms with E-state index in [1.54, 1.807) is 38.6 Å². The van der Waals surface area contributed by atoms with E-state index in [9.17, 15) is 9.90 Å². The molecule has 1 fully saturated rings. The van der Waals surface area contributed by atoms with Crippen molar-refractivity contribution in [3.8, 4) is 11.9 Å². The van der Waals surface area contributed by atoms with Gasteiger partial charge in [-0.2, -0.15) is 15.0 Å². The molecule has 0 atom stereocenters. The third-order valence-electron chi connectivity index (χ3n) is 5.48. The minimum Gasteiger partial charge on any atom is -0.493 e. The number of nitriles is 1. The van der Waals surface area contributed by atoms with Crippen molar-refractivity contribution >= 4 is 17.3 Å². The van der Waals surface area contributed by atoms with E-state index in [0.717, 1.165) is 18.4 Å². The van der Waals surface area contributed by atoms with E-state index in [0.29, 0.717) is 48.5 Å². The molecule has 1 aliphatic heterocycles. The number of allylic oxidation sites excluding steroid dienone is 4. The highest BCUT2D eigenvalue weighted by molar-refractivity contribution is 5.97. The maximum atomic E-state index is 12.4. The SMILES string of the molecule is COCC1(CNC(=O)C2=CN=C(n3ncc(/C(C)=C/C=C(\C)C#N)c3O)CC2)CC1. The summed E-state index contributed by atoms with van der Waals surface area (Å²) in [7, 11) is 1.68. The van der Waals surface area contributed by atoms with Crippen LogP contribution in [0.5, 0.6) is 5.88 Å². The fraction of sp³-hybridized carbons (Fsp3) is 0.455. The zero-order valence-electron chi connectivity index (χ0n) is 17.6. The Hall–Kier alpha value is -3.18. The molecular formula is C22H27N5O3. The zero-order chi connectivity index (χ0) is 21.7. The summed E-state index contributed by atoms with van der Waals surface area (Å²) in [5, 5.41) is 26.6. The normalized spacial score (nSPS) is 18.3. The van der Waals surface area contributed by atoms with Crippen LogP contribution in [0.3, 0.4) is 0 Å². The molecule has 30 heavy (non-hydrogen) atoms. The molecule has 1 aliphatic carbocycles. The molecule has 2 N–H and O–H groups in total. The second-order valence-electron chi connectivity index (χ2n) is 7.92. The number of amides is 1. The summed E-state index contributed by atoms with van der Waals surface area (Å²) in [6.45, 7) is 4.83. The van der Waals surface area contributed by atoms with Crippen molar-refractivity contribution in [2.75, 3.05) is 20.3 Å². The van der Waals surface area contributed by atoms with Gasteiger partial charge in [-0.3, -0.25) is 4.79 Å². The molecule has 8 heteroatoms. The first-order valence-electron chi connectivity index (χ1n) is 9.95. The number of ether oxygens (including phenoxy) is 1. The fourth-order valence-corrected chi connectivity index (χ4v) is 3.28. The highest BCUT2D eigenvalue weighted by Crippen LogP contribution is 2.45. The van der Waals surface area contributed by atoms with Crippen molar-refractivity contribution in [3.63, 3.8) is 0 Å². The summed E-state index contributed by atoms with van der Waals surface area (Å²) in [5.41, 5.74) is 2.64. The highest BCUT2D eigenvalue weighted by Gasteiger charge is 2.42. The lowest BCUT2D eigenvalue weighted by Crippen LogP contribution is -2.33. The molecule has 1 amide bonds. The van der Waals surface area contributed by atoms with Crippen molar-refractivity contribution in [2.24, 2.45) is 10.4 Å². The van der Waals surface area contributed by atoms with E-state index in [1.807, 2.05) is 6.92 Å². The number of methoxy groups -OCH3 is 1. The number of aromatic nitrogens is 2. The lowest BCUT2D eigenvalue weighted by atomic mass is 10.1. The van der Waals surface area contributed by atoms with E-state index >= 15 is 0 Å². The van der Waals surface area contributed by atoms with E-state index in [1.165, 1.54) is 4.68 Å². The number of aliphatic imine (C=N–C) groups is 1. The quantitative estimate of drug-likeness (QED) is 0.531. The molecular weight excluding hydrogens is 382 g/mol. The zero-order valence-corrected chi connectivity index (χ0v) is 17.6. The molecule has 0 bridgehead atoms. The first-order valence-corrected chi connectivity index (χ1v) is 9.95. The van der Waals surface area contributed by atoms with E-state index in [4.69, 9.17) is 10.00 Å². The number of hydrogen-bond donors (Lipinski definition) is 2. The molecule has 1 saturated carbocycles. The predicted octanol–water partition coefficient (Wildman–Crippen LogP) is 2.93. The minimum atomic E-state index is -0.107. The fourth-order valence-electron chi connectivity index (χ4n) is 3.28. The Balaban J connectivity index is 1.68. The third-order valence-corrected chi connectivity index (χ3v) is 5.48. The molecule has 0 aromatic carbocycles. The average Bonchev–Trinajstić information content (AvgIpc) is 3.42. The van der Waals surface area contributed by atoms with Crippen LogP contribution in [0, 0.1) is 16.7 Å². The van der Waals surface area contributed by atoms with Crippen molar-refractivity contribution in [2.45, 2.75) is 39.5 Å². The summed E-state index contributed by atoms with van der Waals surface area (Å²) in [6, 6.07) is 2.05. The van der Waals surface area contributed by atoms with Gasteiger partial charge in [0, 0.05) is 42.8 Å². The van der Waals surface area contributed by atoms with Gasteiger partial charge < -0.3 is 15.2 Å². The lowest BCUT2D eigenvalue weighted by molar-refractivity contribution is -0.118. The average molecular weight is 409 g/mol. The van der Waals surface area contributed by atoms with Crippen LogP contribution in [0.25, 0.3) is 5.57 Å². The van der Waals surface area contributed by atoms with Crippen molar-refractivity contribution in [3.05, 3.63) is 41.3 Å². The number of carbonyl (C=O) groups is 1. The van der Waals surface area contributed by atoms with Gasteiger partial charge >= 0.3 is 0 Å². The van der Waals surface area contributed by atoms with Gasteiger partial charge in [0.25, 0.3) is 0 Å². The maximum absolute atomic E-state index is 12.4. The van der Waals surface area contributed by atoms with Crippen LogP contribution in [-0.4, -0.2) is 46.9 Å². The number of rotatable bonds is 7. The molecule has 0 spiro atoms. The van der Waals surface area contributed by atoms with Gasteiger partial charge in [0.1, 0.15) is 5.84 Å². The Kier molecular flexibility index (Phi) is 6.53. The molecule has 0 unspecified atom stereocenters. The largest absolute Gasteiger partial charge is 0.493 e. The van der Waals surface area contributed by atoms with Crippen molar-refractivity contribution in [1.29, 1.82) is 5.26 Å². The summed E-state index contributed by atoms with van der Waals surface area (Å²) in [6.07, 6.45) is 9.73. The summed E-state index contributed by atoms with van der Waals surface area (Å²) in [5.74, 6) is 0.455. The van der Waals surface area contributed by atoms with Crippen LogP contribution < -0.4 is 5.32 Å². The molecule has 8 nitrogen and oxygen atoms in total. The van der Waals surface area contributed by atoms with Crippen LogP contribution in [0.1, 0.15) is 45.1 Å². The number of hydrogen-bond acceptors (Lipinski definition) is 6. The van der Waals surface area contributed by atoms with Crippen LogP contribution >= 0.6 is 0 Å². The van der Waals surface area contributed by atoms with Gasteiger partial charge in [-0.1, -0.05) is 6.08 Å². The minimum absolute atomic E-state index is 0.0120. The molecule has 0 radical (unpaired) electrons. The predicted molar refractivity (Wildman–Crippen MR) is 114 cm³/mol. The van der Waals surface area contributed by atoms with Crippen LogP contribution in [-0.2, 0) is 9.53 Å². The standard InChI is InChI=1S/C22H27N5O3/c1-15(10-23)4-5-16(2)18-12-26-27(21(18)29)19-7-6-17(11-24-19)20(28)25-13-22(8-9-22)14-30-3/h4-5,11-12,29H,6-9,13-14H2,1-3H3,(H,25,28)/b15-4+,16-5+. The Morgan fingerprint density at radius 3 is 2.77 bits per heavy atom. The molecule has 1 aromatic rings. The van der Waals surface area contributed by atoms with Crippen molar-refractivity contribution < 1.29 is 14.6 Å². The number of carbonyl (C=O) groups excluding carboxylic acids is 1. The molecule has 2 aliphatic rings. The second-order valence-corrected chi connectivity index (χ2v) is 7.92. The molecule has 3 rings (SSSR count). The smallest absolute Gasteiger partial charge is 0.248 e. The Bertz CT molecular complexity index is 987. The Morgan fingerprint density at radius 2 is 2.17 bits per heavy atom. The molecule has 158 valence electrons. The summed E-state index contributed by atoms with van der Waals surface area (Å²) in [4.78, 5) is 16.8. The van der Waals surface area contributed by atoms with E-state index in [-0.39, 0.29) is 17.2 Å². The van der Waals surface area contributed by atoms with Gasteiger partial charge in [0.15, 0.2) is 0 Å². The second kappa shape index (κ2) is 9.09. The van der Waals surface area contributed by atoms with Crippen LogP contribution in [0.15, 0.2) is 40.7 Å².